The molecule has 0 saturated heterocycles. The van der Waals surface area contributed by atoms with Crippen molar-refractivity contribution in [2.24, 2.45) is 5.92 Å². The van der Waals surface area contributed by atoms with Crippen LogP contribution < -0.4 is 5.32 Å². The van der Waals surface area contributed by atoms with Gasteiger partial charge in [0, 0.05) is 11.1 Å². The van der Waals surface area contributed by atoms with E-state index in [4.69, 9.17) is 11.6 Å². The van der Waals surface area contributed by atoms with Gasteiger partial charge in [-0.05, 0) is 56.3 Å². The van der Waals surface area contributed by atoms with Crippen LogP contribution >= 0.6 is 11.6 Å². The maximum absolute atomic E-state index is 5.93. The molecule has 0 heterocycles. The van der Waals surface area contributed by atoms with E-state index in [0.29, 0.717) is 6.04 Å². The van der Waals surface area contributed by atoms with Crippen molar-refractivity contribution in [1.82, 2.24) is 5.32 Å². The highest BCUT2D eigenvalue weighted by Gasteiger charge is 2.27. The lowest BCUT2D eigenvalue weighted by Gasteiger charge is -2.12. The largest absolute Gasteiger partial charge is 0.314 e. The molecule has 1 N–H and O–H groups in total. The first kappa shape index (κ1) is 11.0. The Morgan fingerprint density at radius 3 is 2.93 bits per heavy atom. The van der Waals surface area contributed by atoms with Gasteiger partial charge in [-0.3, -0.25) is 0 Å². The number of hydrogen-bond donors (Lipinski definition) is 1. The molecule has 2 rings (SSSR count). The highest BCUT2D eigenvalue weighted by Crippen LogP contribution is 2.32. The van der Waals surface area contributed by atoms with Gasteiger partial charge >= 0.3 is 0 Å². The minimum atomic E-state index is 0.684. The van der Waals surface area contributed by atoms with E-state index in [-0.39, 0.29) is 0 Å². The number of benzene rings is 1. The Kier molecular flexibility index (Phi) is 3.66. The van der Waals surface area contributed by atoms with E-state index < -0.39 is 0 Å². The molecule has 1 unspecified atom stereocenters. The average Bonchev–Trinajstić information content (AvgIpc) is 3.00. The summed E-state index contributed by atoms with van der Waals surface area (Å²) in [6.07, 6.45) is 3.88. The molecule has 0 spiro atoms. The van der Waals surface area contributed by atoms with Crippen LogP contribution in [0.3, 0.4) is 0 Å². The van der Waals surface area contributed by atoms with Crippen molar-refractivity contribution < 1.29 is 0 Å². The molecule has 0 radical (unpaired) electrons. The number of nitrogens with one attached hydrogen (secondary N) is 1. The van der Waals surface area contributed by atoms with Crippen LogP contribution in [0.1, 0.15) is 25.3 Å². The molecule has 2 heteroatoms. The summed E-state index contributed by atoms with van der Waals surface area (Å²) in [6, 6.07) is 8.80. The van der Waals surface area contributed by atoms with E-state index in [1.807, 2.05) is 18.2 Å². The Balaban J connectivity index is 1.73. The van der Waals surface area contributed by atoms with E-state index >= 15 is 0 Å². The lowest BCUT2D eigenvalue weighted by molar-refractivity contribution is 0.500. The van der Waals surface area contributed by atoms with Gasteiger partial charge in [0.15, 0.2) is 0 Å². The van der Waals surface area contributed by atoms with Crippen LogP contribution in [0, 0.1) is 5.92 Å². The van der Waals surface area contributed by atoms with Gasteiger partial charge in [0.1, 0.15) is 0 Å². The van der Waals surface area contributed by atoms with Gasteiger partial charge in [0.25, 0.3) is 0 Å². The van der Waals surface area contributed by atoms with Gasteiger partial charge in [0.2, 0.25) is 0 Å². The molecule has 1 aliphatic carbocycles. The minimum absolute atomic E-state index is 0.684. The second kappa shape index (κ2) is 5.00. The topological polar surface area (TPSA) is 12.0 Å². The predicted molar refractivity (Wildman–Crippen MR) is 65.3 cm³/mol. The molecule has 0 amide bonds. The summed E-state index contributed by atoms with van der Waals surface area (Å²) in [5, 5.41) is 4.41. The van der Waals surface area contributed by atoms with Gasteiger partial charge < -0.3 is 5.32 Å². The highest BCUT2D eigenvalue weighted by atomic mass is 35.5. The van der Waals surface area contributed by atoms with E-state index in [9.17, 15) is 0 Å². The second-order valence-electron chi connectivity index (χ2n) is 4.46. The van der Waals surface area contributed by atoms with E-state index in [2.05, 4.69) is 18.3 Å². The summed E-state index contributed by atoms with van der Waals surface area (Å²) in [5.74, 6) is 0.935. The quantitative estimate of drug-likeness (QED) is 0.808. The van der Waals surface area contributed by atoms with Crippen LogP contribution in [0.5, 0.6) is 0 Å². The standard InChI is InChI=1S/C13H18ClN/c1-10(12-5-6-12)15-8-7-11-3-2-4-13(14)9-11/h2-4,9-10,12,15H,5-8H2,1H3. The Morgan fingerprint density at radius 1 is 1.47 bits per heavy atom. The monoisotopic (exact) mass is 223 g/mol. The van der Waals surface area contributed by atoms with Crippen LogP contribution in [-0.4, -0.2) is 12.6 Å². The van der Waals surface area contributed by atoms with Crippen molar-refractivity contribution >= 4 is 11.6 Å². The zero-order valence-corrected chi connectivity index (χ0v) is 9.93. The fourth-order valence-corrected chi connectivity index (χ4v) is 2.11. The molecule has 82 valence electrons. The van der Waals surface area contributed by atoms with Crippen molar-refractivity contribution in [3.63, 3.8) is 0 Å². The molecule has 1 saturated carbocycles. The lowest BCUT2D eigenvalue weighted by Crippen LogP contribution is -2.29. The van der Waals surface area contributed by atoms with Crippen molar-refractivity contribution in [1.29, 1.82) is 0 Å². The van der Waals surface area contributed by atoms with E-state index in [1.54, 1.807) is 0 Å². The van der Waals surface area contributed by atoms with Crippen molar-refractivity contribution in [2.75, 3.05) is 6.54 Å². The molecule has 1 aromatic rings. The summed E-state index contributed by atoms with van der Waals surface area (Å²) >= 11 is 5.93. The van der Waals surface area contributed by atoms with Crippen LogP contribution in [0.4, 0.5) is 0 Å². The number of rotatable bonds is 5. The van der Waals surface area contributed by atoms with E-state index in [0.717, 1.165) is 23.9 Å². The first-order chi connectivity index (χ1) is 7.25. The second-order valence-corrected chi connectivity index (χ2v) is 4.90. The molecule has 0 aliphatic heterocycles. The number of hydrogen-bond acceptors (Lipinski definition) is 1. The lowest BCUT2D eigenvalue weighted by atomic mass is 10.1. The zero-order chi connectivity index (χ0) is 10.7. The van der Waals surface area contributed by atoms with Crippen LogP contribution in [-0.2, 0) is 6.42 Å². The molecular formula is C13H18ClN. The molecule has 1 nitrogen and oxygen atoms in total. The van der Waals surface area contributed by atoms with E-state index in [1.165, 1.54) is 18.4 Å². The fourth-order valence-electron chi connectivity index (χ4n) is 1.90. The van der Waals surface area contributed by atoms with Crippen molar-refractivity contribution in [3.05, 3.63) is 34.9 Å². The number of halogens is 1. The minimum Gasteiger partial charge on any atom is -0.314 e. The predicted octanol–water partition coefficient (Wildman–Crippen LogP) is 3.27. The molecule has 0 bridgehead atoms. The average molecular weight is 224 g/mol. The molecule has 15 heavy (non-hydrogen) atoms. The Bertz CT molecular complexity index is 320. The molecule has 1 atom stereocenters. The van der Waals surface area contributed by atoms with Crippen LogP contribution in [0.2, 0.25) is 5.02 Å². The molecular weight excluding hydrogens is 206 g/mol. The van der Waals surface area contributed by atoms with Gasteiger partial charge in [-0.15, -0.1) is 0 Å². The molecule has 0 aromatic heterocycles. The van der Waals surface area contributed by atoms with Crippen molar-refractivity contribution in [2.45, 2.75) is 32.2 Å². The normalized spacial score (nSPS) is 17.7. The van der Waals surface area contributed by atoms with Crippen LogP contribution in [0.15, 0.2) is 24.3 Å². The van der Waals surface area contributed by atoms with Crippen LogP contribution in [0.25, 0.3) is 0 Å². The summed E-state index contributed by atoms with van der Waals surface area (Å²) in [7, 11) is 0. The first-order valence-corrected chi connectivity index (χ1v) is 6.11. The molecule has 1 aliphatic rings. The van der Waals surface area contributed by atoms with Gasteiger partial charge in [0.05, 0.1) is 0 Å². The summed E-state index contributed by atoms with van der Waals surface area (Å²) in [6.45, 7) is 3.34. The highest BCUT2D eigenvalue weighted by molar-refractivity contribution is 6.30. The Labute approximate surface area is 96.8 Å². The Hall–Kier alpha value is -0.530. The third-order valence-electron chi connectivity index (χ3n) is 3.10. The summed E-state index contributed by atoms with van der Waals surface area (Å²) in [5.41, 5.74) is 1.32. The third-order valence-corrected chi connectivity index (χ3v) is 3.33. The maximum Gasteiger partial charge on any atom is 0.0408 e. The van der Waals surface area contributed by atoms with Gasteiger partial charge in [-0.1, -0.05) is 23.7 Å². The first-order valence-electron chi connectivity index (χ1n) is 5.73. The Morgan fingerprint density at radius 2 is 2.27 bits per heavy atom. The SMILES string of the molecule is CC(NCCc1cccc(Cl)c1)C1CC1. The van der Waals surface area contributed by atoms with Gasteiger partial charge in [-0.2, -0.15) is 0 Å². The smallest absolute Gasteiger partial charge is 0.0408 e. The molecule has 1 aromatic carbocycles. The zero-order valence-electron chi connectivity index (χ0n) is 9.17. The summed E-state index contributed by atoms with van der Waals surface area (Å²) < 4.78 is 0. The summed E-state index contributed by atoms with van der Waals surface area (Å²) in [4.78, 5) is 0. The third kappa shape index (κ3) is 3.51. The van der Waals surface area contributed by atoms with Gasteiger partial charge in [-0.25, -0.2) is 0 Å². The fraction of sp³-hybridized carbons (Fsp3) is 0.538. The van der Waals surface area contributed by atoms with Crippen molar-refractivity contribution in [3.8, 4) is 0 Å². The maximum atomic E-state index is 5.93. The molecule has 1 fully saturated rings.